The molecule has 1 saturated heterocycles. The summed E-state index contributed by atoms with van der Waals surface area (Å²) in [5.41, 5.74) is 5.15. The standard InChI is InChI=1S/C19H27F3N2O2.ClH/c1-2-17(14-5-3-6-15(13-14)19(20,21)22)18(25)24-10-7-16(8-11-24)26-12-4-9-23;/h3,5-6,13,16-17H,2,4,7-12,23H2,1H3;1H. The molecule has 0 aromatic heterocycles. The molecule has 2 N–H and O–H groups in total. The lowest BCUT2D eigenvalue weighted by atomic mass is 9.92. The second-order valence-corrected chi connectivity index (χ2v) is 6.62. The molecular formula is C19H28ClF3N2O2. The summed E-state index contributed by atoms with van der Waals surface area (Å²) in [5, 5.41) is 0. The van der Waals surface area contributed by atoms with Crippen molar-refractivity contribution in [3.8, 4) is 0 Å². The van der Waals surface area contributed by atoms with E-state index in [1.54, 1.807) is 11.0 Å². The Balaban J connectivity index is 0.00000364. The monoisotopic (exact) mass is 408 g/mol. The number of nitrogens with zero attached hydrogens (tertiary/aromatic N) is 1. The number of hydrogen-bond acceptors (Lipinski definition) is 3. The van der Waals surface area contributed by atoms with Crippen LogP contribution in [0.4, 0.5) is 13.2 Å². The van der Waals surface area contributed by atoms with Crippen LogP contribution in [0.3, 0.4) is 0 Å². The molecule has 1 aromatic carbocycles. The molecule has 1 aliphatic heterocycles. The largest absolute Gasteiger partial charge is 0.416 e. The molecule has 1 unspecified atom stereocenters. The molecule has 4 nitrogen and oxygen atoms in total. The van der Waals surface area contributed by atoms with E-state index in [1.165, 1.54) is 6.07 Å². The van der Waals surface area contributed by atoms with Gasteiger partial charge < -0.3 is 15.4 Å². The van der Waals surface area contributed by atoms with Crippen LogP contribution in [-0.2, 0) is 15.7 Å². The maximum Gasteiger partial charge on any atom is 0.416 e. The zero-order valence-corrected chi connectivity index (χ0v) is 16.3. The molecule has 1 heterocycles. The van der Waals surface area contributed by atoms with Crippen LogP contribution in [0.1, 0.15) is 49.7 Å². The van der Waals surface area contributed by atoms with Crippen LogP contribution in [0.2, 0.25) is 0 Å². The number of alkyl halides is 3. The summed E-state index contributed by atoms with van der Waals surface area (Å²) in [6.07, 6.45) is -1.51. The Morgan fingerprint density at radius 3 is 2.56 bits per heavy atom. The van der Waals surface area contributed by atoms with Gasteiger partial charge in [0.05, 0.1) is 17.6 Å². The van der Waals surface area contributed by atoms with Gasteiger partial charge in [-0.1, -0.05) is 25.1 Å². The molecule has 0 saturated carbocycles. The highest BCUT2D eigenvalue weighted by Crippen LogP contribution is 2.32. The van der Waals surface area contributed by atoms with Crippen molar-refractivity contribution in [2.24, 2.45) is 5.73 Å². The highest BCUT2D eigenvalue weighted by atomic mass is 35.5. The van der Waals surface area contributed by atoms with Gasteiger partial charge in [0.2, 0.25) is 5.91 Å². The number of piperidine rings is 1. The summed E-state index contributed by atoms with van der Waals surface area (Å²) in [4.78, 5) is 14.6. The van der Waals surface area contributed by atoms with Crippen LogP contribution in [0.25, 0.3) is 0 Å². The fraction of sp³-hybridized carbons (Fsp3) is 0.632. The molecule has 154 valence electrons. The summed E-state index contributed by atoms with van der Waals surface area (Å²) in [6.45, 7) is 4.18. The number of carbonyl (C=O) groups is 1. The summed E-state index contributed by atoms with van der Waals surface area (Å²) in [7, 11) is 0. The van der Waals surface area contributed by atoms with Crippen LogP contribution in [0.5, 0.6) is 0 Å². The predicted molar refractivity (Wildman–Crippen MR) is 101 cm³/mol. The zero-order chi connectivity index (χ0) is 19.2. The lowest BCUT2D eigenvalue weighted by molar-refractivity contribution is -0.138. The SMILES string of the molecule is CCC(C(=O)N1CCC(OCCCN)CC1)c1cccc(C(F)(F)F)c1.Cl. The summed E-state index contributed by atoms with van der Waals surface area (Å²) in [6, 6.07) is 5.09. The van der Waals surface area contributed by atoms with Gasteiger partial charge in [0.25, 0.3) is 0 Å². The van der Waals surface area contributed by atoms with E-state index in [4.69, 9.17) is 10.5 Å². The normalized spacial score (nSPS) is 16.7. The Bertz CT molecular complexity index is 591. The van der Waals surface area contributed by atoms with Gasteiger partial charge in [-0.25, -0.2) is 0 Å². The fourth-order valence-corrected chi connectivity index (χ4v) is 3.28. The number of ether oxygens (including phenoxy) is 1. The Kier molecular flexibility index (Phi) is 9.56. The van der Waals surface area contributed by atoms with E-state index in [0.717, 1.165) is 31.4 Å². The first kappa shape index (κ1) is 23.7. The van der Waals surface area contributed by atoms with Gasteiger partial charge >= 0.3 is 6.18 Å². The van der Waals surface area contributed by atoms with Crippen molar-refractivity contribution in [1.82, 2.24) is 4.90 Å². The molecular weight excluding hydrogens is 381 g/mol. The van der Waals surface area contributed by atoms with Gasteiger partial charge in [0.15, 0.2) is 0 Å². The fourth-order valence-electron chi connectivity index (χ4n) is 3.28. The maximum atomic E-state index is 12.9. The molecule has 1 amide bonds. The minimum absolute atomic E-state index is 0. The molecule has 0 aliphatic carbocycles. The van der Waals surface area contributed by atoms with Crippen LogP contribution in [-0.4, -0.2) is 43.2 Å². The summed E-state index contributed by atoms with van der Waals surface area (Å²) in [5.74, 6) is -0.653. The number of likely N-dealkylation sites (tertiary alicyclic amines) is 1. The molecule has 1 fully saturated rings. The Labute approximate surface area is 164 Å². The van der Waals surface area contributed by atoms with Crippen molar-refractivity contribution < 1.29 is 22.7 Å². The first-order chi connectivity index (χ1) is 12.4. The van der Waals surface area contributed by atoms with Crippen molar-refractivity contribution >= 4 is 18.3 Å². The third-order valence-electron chi connectivity index (χ3n) is 4.78. The van der Waals surface area contributed by atoms with E-state index in [2.05, 4.69) is 0 Å². The first-order valence-corrected chi connectivity index (χ1v) is 9.14. The van der Waals surface area contributed by atoms with Crippen molar-refractivity contribution in [3.63, 3.8) is 0 Å². The average Bonchev–Trinajstić information content (AvgIpc) is 2.62. The minimum Gasteiger partial charge on any atom is -0.378 e. The maximum absolute atomic E-state index is 12.9. The molecule has 0 radical (unpaired) electrons. The number of rotatable bonds is 7. The second kappa shape index (κ2) is 10.9. The number of benzene rings is 1. The lowest BCUT2D eigenvalue weighted by Crippen LogP contribution is -2.43. The van der Waals surface area contributed by atoms with Crippen molar-refractivity contribution in [3.05, 3.63) is 35.4 Å². The molecule has 2 rings (SSSR count). The quantitative estimate of drug-likeness (QED) is 0.694. The van der Waals surface area contributed by atoms with Crippen molar-refractivity contribution in [2.45, 2.75) is 50.8 Å². The third-order valence-corrected chi connectivity index (χ3v) is 4.78. The van der Waals surface area contributed by atoms with E-state index < -0.39 is 17.7 Å². The molecule has 0 spiro atoms. The summed E-state index contributed by atoms with van der Waals surface area (Å²) < 4.78 is 44.6. The van der Waals surface area contributed by atoms with E-state index in [1.807, 2.05) is 6.92 Å². The number of hydrogen-bond donors (Lipinski definition) is 1. The third kappa shape index (κ3) is 6.66. The Morgan fingerprint density at radius 2 is 2.00 bits per heavy atom. The van der Waals surface area contributed by atoms with Crippen LogP contribution in [0.15, 0.2) is 24.3 Å². The van der Waals surface area contributed by atoms with Gasteiger partial charge in [0, 0.05) is 19.7 Å². The number of carbonyl (C=O) groups excluding carboxylic acids is 1. The lowest BCUT2D eigenvalue weighted by Gasteiger charge is -2.34. The number of nitrogens with two attached hydrogens (primary N) is 1. The van der Waals surface area contributed by atoms with Crippen molar-refractivity contribution in [1.29, 1.82) is 0 Å². The van der Waals surface area contributed by atoms with E-state index >= 15 is 0 Å². The van der Waals surface area contributed by atoms with Crippen LogP contribution >= 0.6 is 12.4 Å². The average molecular weight is 409 g/mol. The minimum atomic E-state index is -4.41. The first-order valence-electron chi connectivity index (χ1n) is 9.14. The van der Waals surface area contributed by atoms with Gasteiger partial charge in [-0.2, -0.15) is 13.2 Å². The predicted octanol–water partition coefficient (Wildman–Crippen LogP) is 3.98. The number of amides is 1. The highest BCUT2D eigenvalue weighted by molar-refractivity contribution is 5.85. The van der Waals surface area contributed by atoms with Gasteiger partial charge in [-0.05, 0) is 43.9 Å². The smallest absolute Gasteiger partial charge is 0.378 e. The zero-order valence-electron chi connectivity index (χ0n) is 15.5. The molecule has 27 heavy (non-hydrogen) atoms. The topological polar surface area (TPSA) is 55.6 Å². The van der Waals surface area contributed by atoms with Crippen molar-refractivity contribution in [2.75, 3.05) is 26.2 Å². The van der Waals surface area contributed by atoms with Gasteiger partial charge in [-0.3, -0.25) is 4.79 Å². The second-order valence-electron chi connectivity index (χ2n) is 6.62. The van der Waals surface area contributed by atoms with Gasteiger partial charge in [-0.15, -0.1) is 12.4 Å². The van der Waals surface area contributed by atoms with E-state index in [0.29, 0.717) is 38.2 Å². The van der Waals surface area contributed by atoms with Gasteiger partial charge in [0.1, 0.15) is 0 Å². The Morgan fingerprint density at radius 1 is 1.33 bits per heavy atom. The molecule has 1 atom stereocenters. The molecule has 1 aromatic rings. The van der Waals surface area contributed by atoms with Crippen LogP contribution < -0.4 is 5.73 Å². The van der Waals surface area contributed by atoms with Crippen LogP contribution in [0, 0.1) is 0 Å². The highest BCUT2D eigenvalue weighted by Gasteiger charge is 2.33. The van der Waals surface area contributed by atoms with E-state index in [9.17, 15) is 18.0 Å². The van der Waals surface area contributed by atoms with E-state index in [-0.39, 0.29) is 24.4 Å². The summed E-state index contributed by atoms with van der Waals surface area (Å²) >= 11 is 0. The Hall–Kier alpha value is -1.31. The molecule has 1 aliphatic rings. The molecule has 8 heteroatoms. The molecule has 0 bridgehead atoms. The number of halogens is 4.